The van der Waals surface area contributed by atoms with E-state index in [0.717, 1.165) is 27.6 Å². The number of carbonyl (C=O) groups is 1. The molecule has 0 N–H and O–H groups in total. The van der Waals surface area contributed by atoms with Crippen molar-refractivity contribution in [2.24, 2.45) is 0 Å². The number of fused-ring (bicyclic) bond motifs is 1. The van der Waals surface area contributed by atoms with E-state index in [1.165, 1.54) is 7.11 Å². The average molecular weight is 292 g/mol. The maximum absolute atomic E-state index is 12.1. The third-order valence-electron chi connectivity index (χ3n) is 3.67. The molecule has 0 aliphatic heterocycles. The van der Waals surface area contributed by atoms with Gasteiger partial charge in [-0.15, -0.1) is 0 Å². The Kier molecular flexibility index (Phi) is 3.79. The molecule has 0 unspecified atom stereocenters. The van der Waals surface area contributed by atoms with Gasteiger partial charge in [-0.25, -0.2) is 4.79 Å². The molecule has 3 heteroatoms. The van der Waals surface area contributed by atoms with Crippen LogP contribution in [0, 0.1) is 0 Å². The second-order valence-electron chi connectivity index (χ2n) is 4.97. The maximum Gasteiger partial charge on any atom is 0.338 e. The predicted molar refractivity (Wildman–Crippen MR) is 87.3 cm³/mol. The summed E-state index contributed by atoms with van der Waals surface area (Å²) in [5.41, 5.74) is 2.52. The van der Waals surface area contributed by atoms with Crippen molar-refractivity contribution in [3.05, 3.63) is 66.2 Å². The van der Waals surface area contributed by atoms with E-state index in [9.17, 15) is 4.79 Å². The molecule has 0 aliphatic rings. The van der Waals surface area contributed by atoms with Crippen molar-refractivity contribution in [2.45, 2.75) is 0 Å². The Morgan fingerprint density at radius 1 is 0.864 bits per heavy atom. The number of hydrogen-bond acceptors (Lipinski definition) is 3. The quantitative estimate of drug-likeness (QED) is 0.675. The lowest BCUT2D eigenvalue weighted by atomic mass is 9.96. The summed E-state index contributed by atoms with van der Waals surface area (Å²) in [6, 6.07) is 19.5. The Morgan fingerprint density at radius 2 is 1.68 bits per heavy atom. The lowest BCUT2D eigenvalue weighted by Crippen LogP contribution is -2.02. The molecule has 3 rings (SSSR count). The van der Waals surface area contributed by atoms with Gasteiger partial charge < -0.3 is 9.47 Å². The molecule has 3 aromatic rings. The highest BCUT2D eigenvalue weighted by Crippen LogP contribution is 2.30. The first-order chi connectivity index (χ1) is 10.7. The minimum Gasteiger partial charge on any atom is -0.497 e. The highest BCUT2D eigenvalue weighted by atomic mass is 16.5. The third kappa shape index (κ3) is 2.53. The van der Waals surface area contributed by atoms with Crippen molar-refractivity contribution in [3.8, 4) is 16.9 Å². The van der Waals surface area contributed by atoms with E-state index in [-0.39, 0.29) is 5.97 Å². The van der Waals surface area contributed by atoms with Gasteiger partial charge in [-0.1, -0.05) is 36.4 Å². The van der Waals surface area contributed by atoms with Crippen LogP contribution in [0.4, 0.5) is 0 Å². The van der Waals surface area contributed by atoms with E-state index in [0.29, 0.717) is 5.56 Å². The molecule has 0 aromatic heterocycles. The van der Waals surface area contributed by atoms with Gasteiger partial charge in [0.05, 0.1) is 19.8 Å². The fourth-order valence-electron chi connectivity index (χ4n) is 2.56. The number of rotatable bonds is 3. The minimum absolute atomic E-state index is 0.332. The molecular formula is C19H16O3. The van der Waals surface area contributed by atoms with Crippen LogP contribution in [0.15, 0.2) is 60.7 Å². The van der Waals surface area contributed by atoms with Gasteiger partial charge >= 0.3 is 5.97 Å². The summed E-state index contributed by atoms with van der Waals surface area (Å²) < 4.78 is 10.2. The first-order valence-electron chi connectivity index (χ1n) is 6.98. The average Bonchev–Trinajstić information content (AvgIpc) is 2.60. The van der Waals surface area contributed by atoms with Crippen LogP contribution >= 0.6 is 0 Å². The topological polar surface area (TPSA) is 35.5 Å². The summed E-state index contributed by atoms with van der Waals surface area (Å²) >= 11 is 0. The molecule has 0 aliphatic carbocycles. The van der Waals surface area contributed by atoms with Crippen LogP contribution in [-0.4, -0.2) is 20.2 Å². The molecule has 0 radical (unpaired) electrons. The second-order valence-corrected chi connectivity index (χ2v) is 4.97. The van der Waals surface area contributed by atoms with Gasteiger partial charge in [0.2, 0.25) is 0 Å². The molecule has 0 atom stereocenters. The Balaban J connectivity index is 2.24. The molecule has 0 spiro atoms. The number of esters is 1. The zero-order valence-electron chi connectivity index (χ0n) is 12.5. The van der Waals surface area contributed by atoms with Crippen molar-refractivity contribution >= 4 is 16.7 Å². The van der Waals surface area contributed by atoms with Crippen LogP contribution in [0.25, 0.3) is 21.9 Å². The summed E-state index contributed by atoms with van der Waals surface area (Å²) in [5, 5.41) is 1.89. The predicted octanol–water partition coefficient (Wildman–Crippen LogP) is 4.30. The number of benzene rings is 3. The lowest BCUT2D eigenvalue weighted by Gasteiger charge is -2.10. The van der Waals surface area contributed by atoms with Crippen molar-refractivity contribution in [1.82, 2.24) is 0 Å². The highest BCUT2D eigenvalue weighted by Gasteiger charge is 2.13. The van der Waals surface area contributed by atoms with Gasteiger partial charge in [0.15, 0.2) is 0 Å². The summed E-state index contributed by atoms with van der Waals surface area (Å²) in [7, 11) is 3.04. The standard InChI is InChI=1S/C19H16O3/c1-21-16-8-5-7-13(11-16)15-10-14-6-3-4-9-17(14)18(12-15)19(20)22-2/h3-12H,1-2H3. The third-order valence-corrected chi connectivity index (χ3v) is 3.67. The summed E-state index contributed by atoms with van der Waals surface area (Å²) in [6.07, 6.45) is 0. The minimum atomic E-state index is -0.332. The smallest absolute Gasteiger partial charge is 0.338 e. The van der Waals surface area contributed by atoms with Crippen LogP contribution in [0.5, 0.6) is 5.75 Å². The Hall–Kier alpha value is -2.81. The van der Waals surface area contributed by atoms with Gasteiger partial charge in [-0.3, -0.25) is 0 Å². The van der Waals surface area contributed by atoms with E-state index >= 15 is 0 Å². The summed E-state index contributed by atoms with van der Waals surface area (Å²) in [6.45, 7) is 0. The number of methoxy groups -OCH3 is 2. The van der Waals surface area contributed by atoms with Crippen LogP contribution < -0.4 is 4.74 Å². The Labute approximate surface area is 129 Å². The zero-order chi connectivity index (χ0) is 15.5. The van der Waals surface area contributed by atoms with Gasteiger partial charge in [-0.05, 0) is 46.2 Å². The molecule has 0 amide bonds. The monoisotopic (exact) mass is 292 g/mol. The zero-order valence-corrected chi connectivity index (χ0v) is 12.5. The van der Waals surface area contributed by atoms with E-state index in [2.05, 4.69) is 6.07 Å². The first kappa shape index (κ1) is 14.1. The molecule has 0 saturated heterocycles. The fourth-order valence-corrected chi connectivity index (χ4v) is 2.56. The normalized spacial score (nSPS) is 10.5. The molecule has 0 heterocycles. The molecule has 0 saturated carbocycles. The van der Waals surface area contributed by atoms with E-state index in [4.69, 9.17) is 9.47 Å². The van der Waals surface area contributed by atoms with Crippen molar-refractivity contribution in [3.63, 3.8) is 0 Å². The number of hydrogen-bond donors (Lipinski definition) is 0. The van der Waals surface area contributed by atoms with Crippen LogP contribution in [0.1, 0.15) is 10.4 Å². The number of ether oxygens (including phenoxy) is 2. The molecule has 0 fully saturated rings. The largest absolute Gasteiger partial charge is 0.497 e. The fraction of sp³-hybridized carbons (Fsp3) is 0.105. The molecular weight excluding hydrogens is 276 g/mol. The Morgan fingerprint density at radius 3 is 2.45 bits per heavy atom. The van der Waals surface area contributed by atoms with Gasteiger partial charge in [0.25, 0.3) is 0 Å². The molecule has 0 bridgehead atoms. The Bertz CT molecular complexity index is 837. The van der Waals surface area contributed by atoms with Crippen LogP contribution in [0.2, 0.25) is 0 Å². The molecule has 3 aromatic carbocycles. The highest BCUT2D eigenvalue weighted by molar-refractivity contribution is 6.06. The van der Waals surface area contributed by atoms with Gasteiger partial charge in [0, 0.05) is 0 Å². The van der Waals surface area contributed by atoms with E-state index in [1.807, 2.05) is 54.6 Å². The first-order valence-corrected chi connectivity index (χ1v) is 6.98. The maximum atomic E-state index is 12.1. The van der Waals surface area contributed by atoms with Crippen LogP contribution in [0.3, 0.4) is 0 Å². The van der Waals surface area contributed by atoms with Crippen molar-refractivity contribution in [2.75, 3.05) is 14.2 Å². The molecule has 110 valence electrons. The van der Waals surface area contributed by atoms with E-state index < -0.39 is 0 Å². The van der Waals surface area contributed by atoms with Gasteiger partial charge in [-0.2, -0.15) is 0 Å². The van der Waals surface area contributed by atoms with Crippen molar-refractivity contribution in [1.29, 1.82) is 0 Å². The van der Waals surface area contributed by atoms with E-state index in [1.54, 1.807) is 7.11 Å². The molecule has 22 heavy (non-hydrogen) atoms. The van der Waals surface area contributed by atoms with Gasteiger partial charge in [0.1, 0.15) is 5.75 Å². The van der Waals surface area contributed by atoms with Crippen molar-refractivity contribution < 1.29 is 14.3 Å². The molecule has 3 nitrogen and oxygen atoms in total. The number of carbonyl (C=O) groups excluding carboxylic acids is 1. The second kappa shape index (κ2) is 5.90. The summed E-state index contributed by atoms with van der Waals surface area (Å²) in [4.78, 5) is 12.1. The summed E-state index contributed by atoms with van der Waals surface area (Å²) in [5.74, 6) is 0.450. The lowest BCUT2D eigenvalue weighted by molar-refractivity contribution is 0.0603. The van der Waals surface area contributed by atoms with Crippen LogP contribution in [-0.2, 0) is 4.74 Å². The SMILES string of the molecule is COC(=O)c1cc(-c2cccc(OC)c2)cc2ccccc12.